The normalized spacial score (nSPS) is 15.0. The van der Waals surface area contributed by atoms with E-state index < -0.39 is 4.92 Å². The zero-order chi connectivity index (χ0) is 15.7. The molecule has 0 unspecified atom stereocenters. The third kappa shape index (κ3) is 2.20. The van der Waals surface area contributed by atoms with Crippen molar-refractivity contribution >= 4 is 28.6 Å². The SMILES string of the molecule is CNC(=C1C(=O)Nc2ccc([N+](=O)[O-])cc21)c1ccccc1. The molecule has 22 heavy (non-hydrogen) atoms. The average molecular weight is 295 g/mol. The first-order valence-electron chi connectivity index (χ1n) is 6.69. The first kappa shape index (κ1) is 13.8. The average Bonchev–Trinajstić information content (AvgIpc) is 2.85. The van der Waals surface area contributed by atoms with Crippen molar-refractivity contribution in [2.45, 2.75) is 0 Å². The number of fused-ring (bicyclic) bond motifs is 1. The fraction of sp³-hybridized carbons (Fsp3) is 0.0625. The number of carbonyl (C=O) groups is 1. The Morgan fingerprint density at radius 2 is 1.91 bits per heavy atom. The summed E-state index contributed by atoms with van der Waals surface area (Å²) in [6.45, 7) is 0. The van der Waals surface area contributed by atoms with E-state index >= 15 is 0 Å². The Bertz CT molecular complexity index is 798. The molecular formula is C16H13N3O3. The number of hydrogen-bond donors (Lipinski definition) is 2. The lowest BCUT2D eigenvalue weighted by Gasteiger charge is -2.10. The third-order valence-electron chi connectivity index (χ3n) is 3.52. The lowest BCUT2D eigenvalue weighted by molar-refractivity contribution is -0.384. The van der Waals surface area contributed by atoms with E-state index in [9.17, 15) is 14.9 Å². The molecule has 0 bridgehead atoms. The van der Waals surface area contributed by atoms with Gasteiger partial charge in [0.15, 0.2) is 0 Å². The van der Waals surface area contributed by atoms with E-state index in [4.69, 9.17) is 0 Å². The summed E-state index contributed by atoms with van der Waals surface area (Å²) in [6, 6.07) is 13.7. The Labute approximate surface area is 126 Å². The van der Waals surface area contributed by atoms with Gasteiger partial charge in [0.25, 0.3) is 11.6 Å². The molecule has 2 N–H and O–H groups in total. The Kier molecular flexibility index (Phi) is 3.34. The summed E-state index contributed by atoms with van der Waals surface area (Å²) in [5, 5.41) is 16.7. The van der Waals surface area contributed by atoms with Gasteiger partial charge in [0.1, 0.15) is 0 Å². The summed E-state index contributed by atoms with van der Waals surface area (Å²) >= 11 is 0. The maximum Gasteiger partial charge on any atom is 0.270 e. The van der Waals surface area contributed by atoms with Crippen LogP contribution in [0, 0.1) is 10.1 Å². The standard InChI is InChI=1S/C16H13N3O3/c1-17-15(10-5-3-2-4-6-10)14-12-9-11(19(21)22)7-8-13(12)18-16(14)20/h2-9,17H,1H3,(H,18,20). The smallest absolute Gasteiger partial charge is 0.270 e. The van der Waals surface area contributed by atoms with Crippen molar-refractivity contribution in [3.8, 4) is 0 Å². The van der Waals surface area contributed by atoms with Crippen LogP contribution in [0.4, 0.5) is 11.4 Å². The van der Waals surface area contributed by atoms with Crippen LogP contribution in [0.3, 0.4) is 0 Å². The molecule has 2 aromatic carbocycles. The number of rotatable bonds is 3. The monoisotopic (exact) mass is 295 g/mol. The van der Waals surface area contributed by atoms with Gasteiger partial charge in [-0.2, -0.15) is 0 Å². The molecule has 1 amide bonds. The highest BCUT2D eigenvalue weighted by Gasteiger charge is 2.29. The second-order valence-corrected chi connectivity index (χ2v) is 4.81. The molecule has 0 atom stereocenters. The molecule has 0 saturated carbocycles. The van der Waals surface area contributed by atoms with Crippen LogP contribution in [0.15, 0.2) is 48.5 Å². The lowest BCUT2D eigenvalue weighted by Crippen LogP contribution is -2.13. The predicted molar refractivity (Wildman–Crippen MR) is 84.0 cm³/mol. The molecule has 0 aromatic heterocycles. The number of nitrogens with one attached hydrogen (secondary N) is 2. The molecule has 110 valence electrons. The van der Waals surface area contributed by atoms with Gasteiger partial charge in [-0.3, -0.25) is 14.9 Å². The molecule has 1 heterocycles. The minimum atomic E-state index is -0.470. The van der Waals surface area contributed by atoms with E-state index in [1.54, 1.807) is 13.1 Å². The molecule has 1 aliphatic rings. The van der Waals surface area contributed by atoms with Gasteiger partial charge in [0, 0.05) is 30.4 Å². The Morgan fingerprint density at radius 3 is 2.55 bits per heavy atom. The van der Waals surface area contributed by atoms with Gasteiger partial charge in [0.2, 0.25) is 0 Å². The van der Waals surface area contributed by atoms with E-state index in [-0.39, 0.29) is 11.6 Å². The molecule has 6 heteroatoms. The maximum absolute atomic E-state index is 12.3. The van der Waals surface area contributed by atoms with Gasteiger partial charge in [0.05, 0.1) is 16.2 Å². The molecule has 6 nitrogen and oxygen atoms in total. The fourth-order valence-electron chi connectivity index (χ4n) is 2.54. The van der Waals surface area contributed by atoms with Crippen LogP contribution in [-0.2, 0) is 4.79 Å². The number of nitrogens with zero attached hydrogens (tertiary/aromatic N) is 1. The van der Waals surface area contributed by atoms with Crippen molar-refractivity contribution in [3.05, 3.63) is 69.8 Å². The second-order valence-electron chi connectivity index (χ2n) is 4.81. The topological polar surface area (TPSA) is 84.3 Å². The quantitative estimate of drug-likeness (QED) is 0.518. The molecule has 0 spiro atoms. The van der Waals surface area contributed by atoms with Crippen LogP contribution in [-0.4, -0.2) is 17.9 Å². The van der Waals surface area contributed by atoms with E-state index in [1.807, 2.05) is 30.3 Å². The first-order valence-corrected chi connectivity index (χ1v) is 6.69. The van der Waals surface area contributed by atoms with Gasteiger partial charge in [-0.25, -0.2) is 0 Å². The predicted octanol–water partition coefficient (Wildman–Crippen LogP) is 2.63. The Hall–Kier alpha value is -3.15. The first-order chi connectivity index (χ1) is 10.6. The van der Waals surface area contributed by atoms with Crippen LogP contribution in [0.25, 0.3) is 11.3 Å². The molecule has 1 aliphatic heterocycles. The maximum atomic E-state index is 12.3. The summed E-state index contributed by atoms with van der Waals surface area (Å²) in [7, 11) is 1.72. The molecule has 0 fully saturated rings. The number of nitro benzene ring substituents is 1. The molecular weight excluding hydrogens is 282 g/mol. The second kappa shape index (κ2) is 5.33. The zero-order valence-corrected chi connectivity index (χ0v) is 11.8. The lowest BCUT2D eigenvalue weighted by atomic mass is 10.00. The van der Waals surface area contributed by atoms with Crippen molar-refractivity contribution in [2.75, 3.05) is 12.4 Å². The summed E-state index contributed by atoms with van der Waals surface area (Å²) in [6.07, 6.45) is 0. The van der Waals surface area contributed by atoms with Crippen molar-refractivity contribution in [1.29, 1.82) is 0 Å². The summed E-state index contributed by atoms with van der Waals surface area (Å²) < 4.78 is 0. The van der Waals surface area contributed by atoms with Crippen LogP contribution in [0.2, 0.25) is 0 Å². The highest BCUT2D eigenvalue weighted by atomic mass is 16.6. The summed E-state index contributed by atoms with van der Waals surface area (Å²) in [4.78, 5) is 22.8. The number of hydrogen-bond acceptors (Lipinski definition) is 4. The number of benzene rings is 2. The van der Waals surface area contributed by atoms with Crippen LogP contribution in [0.1, 0.15) is 11.1 Å². The minimum Gasteiger partial charge on any atom is -0.387 e. The molecule has 0 saturated heterocycles. The number of non-ortho nitro benzene ring substituents is 1. The summed E-state index contributed by atoms with van der Waals surface area (Å²) in [5.74, 6) is -0.274. The van der Waals surface area contributed by atoms with Gasteiger partial charge >= 0.3 is 0 Å². The Morgan fingerprint density at radius 1 is 1.18 bits per heavy atom. The van der Waals surface area contributed by atoms with Gasteiger partial charge < -0.3 is 10.6 Å². The third-order valence-corrected chi connectivity index (χ3v) is 3.52. The molecule has 2 aromatic rings. The molecule has 3 rings (SSSR count). The molecule has 0 radical (unpaired) electrons. The van der Waals surface area contributed by atoms with Crippen molar-refractivity contribution in [1.82, 2.24) is 5.32 Å². The van der Waals surface area contributed by atoms with Crippen molar-refractivity contribution in [2.24, 2.45) is 0 Å². The van der Waals surface area contributed by atoms with Crippen LogP contribution < -0.4 is 10.6 Å². The Balaban J connectivity index is 2.24. The van der Waals surface area contributed by atoms with E-state index in [0.717, 1.165) is 5.56 Å². The largest absolute Gasteiger partial charge is 0.387 e. The number of nitro groups is 1. The summed E-state index contributed by atoms with van der Waals surface area (Å²) in [5.41, 5.74) is 2.96. The highest BCUT2D eigenvalue weighted by Crippen LogP contribution is 2.37. The van der Waals surface area contributed by atoms with E-state index in [2.05, 4.69) is 10.6 Å². The van der Waals surface area contributed by atoms with Gasteiger partial charge in [-0.05, 0) is 11.6 Å². The molecule has 0 aliphatic carbocycles. The van der Waals surface area contributed by atoms with Gasteiger partial charge in [-0.15, -0.1) is 0 Å². The van der Waals surface area contributed by atoms with Crippen molar-refractivity contribution in [3.63, 3.8) is 0 Å². The fourth-order valence-corrected chi connectivity index (χ4v) is 2.54. The minimum absolute atomic E-state index is 0.0451. The van der Waals surface area contributed by atoms with E-state index in [1.165, 1.54) is 12.1 Å². The van der Waals surface area contributed by atoms with Crippen LogP contribution in [0.5, 0.6) is 0 Å². The number of anilines is 1. The number of amides is 1. The number of carbonyl (C=O) groups excluding carboxylic acids is 1. The van der Waals surface area contributed by atoms with Crippen LogP contribution >= 0.6 is 0 Å². The highest BCUT2D eigenvalue weighted by molar-refractivity contribution is 6.36. The van der Waals surface area contributed by atoms with Gasteiger partial charge in [-0.1, -0.05) is 30.3 Å². The van der Waals surface area contributed by atoms with Crippen molar-refractivity contribution < 1.29 is 9.72 Å². The van der Waals surface area contributed by atoms with E-state index in [0.29, 0.717) is 22.5 Å². The zero-order valence-electron chi connectivity index (χ0n) is 11.8.